The molecule has 4 heteroatoms. The van der Waals surface area contributed by atoms with Gasteiger partial charge in [-0.3, -0.25) is 4.98 Å². The third-order valence-electron chi connectivity index (χ3n) is 5.05. The Hall–Kier alpha value is -1.10. The van der Waals surface area contributed by atoms with E-state index < -0.39 is 13.3 Å². The summed E-state index contributed by atoms with van der Waals surface area (Å²) in [5.41, 5.74) is 2.28. The standard InChI is InChI=1S/C21H31NOSSi/c1-8-21(19-11-9-10-16-22-19,23-25(6,7)20(3,4)5)24-18-14-12-17(2)13-15-18/h9-16H,8H2,1-7H3/t21-/m1/s1. The zero-order chi connectivity index (χ0) is 18.7. The lowest BCUT2D eigenvalue weighted by atomic mass is 10.2. The number of hydrogen-bond donors (Lipinski definition) is 0. The van der Waals surface area contributed by atoms with Gasteiger partial charge in [-0.1, -0.05) is 63.2 Å². The molecule has 0 saturated carbocycles. The van der Waals surface area contributed by atoms with Gasteiger partial charge in [0.2, 0.25) is 0 Å². The Morgan fingerprint density at radius 2 is 1.68 bits per heavy atom. The summed E-state index contributed by atoms with van der Waals surface area (Å²) in [4.78, 5) is 5.44. The van der Waals surface area contributed by atoms with E-state index in [2.05, 4.69) is 89.1 Å². The molecule has 0 spiro atoms. The van der Waals surface area contributed by atoms with E-state index >= 15 is 0 Å². The number of rotatable bonds is 6. The quantitative estimate of drug-likeness (QED) is 0.317. The summed E-state index contributed by atoms with van der Waals surface area (Å²) in [5.74, 6) is 0. The molecule has 2 nitrogen and oxygen atoms in total. The molecule has 0 N–H and O–H groups in total. The van der Waals surface area contributed by atoms with Crippen molar-refractivity contribution >= 4 is 20.1 Å². The van der Waals surface area contributed by atoms with Crippen LogP contribution in [0.3, 0.4) is 0 Å². The van der Waals surface area contributed by atoms with Crippen LogP contribution in [0.5, 0.6) is 0 Å². The molecule has 0 unspecified atom stereocenters. The molecule has 0 saturated heterocycles. The summed E-state index contributed by atoms with van der Waals surface area (Å²) in [6.07, 6.45) is 2.74. The smallest absolute Gasteiger partial charge is 0.194 e. The topological polar surface area (TPSA) is 22.1 Å². The molecule has 25 heavy (non-hydrogen) atoms. The molecule has 1 aromatic carbocycles. The Kier molecular flexibility index (Phi) is 6.18. The molecule has 1 atom stereocenters. The molecule has 0 radical (unpaired) electrons. The maximum Gasteiger partial charge on any atom is 0.194 e. The highest BCUT2D eigenvalue weighted by Gasteiger charge is 2.46. The predicted molar refractivity (Wildman–Crippen MR) is 112 cm³/mol. The molecule has 1 heterocycles. The van der Waals surface area contributed by atoms with Crippen molar-refractivity contribution < 1.29 is 4.43 Å². The number of aromatic nitrogens is 1. The minimum Gasteiger partial charge on any atom is -0.397 e. The van der Waals surface area contributed by atoms with E-state index in [1.54, 1.807) is 11.8 Å². The van der Waals surface area contributed by atoms with Crippen molar-refractivity contribution in [3.63, 3.8) is 0 Å². The summed E-state index contributed by atoms with van der Waals surface area (Å²) >= 11 is 1.79. The fourth-order valence-corrected chi connectivity index (χ4v) is 5.59. The third kappa shape index (κ3) is 4.75. The van der Waals surface area contributed by atoms with Crippen LogP contribution < -0.4 is 0 Å². The lowest BCUT2D eigenvalue weighted by molar-refractivity contribution is 0.137. The second-order valence-corrected chi connectivity index (χ2v) is 14.2. The van der Waals surface area contributed by atoms with Crippen molar-refractivity contribution in [1.29, 1.82) is 0 Å². The summed E-state index contributed by atoms with van der Waals surface area (Å²) in [7, 11) is -1.97. The maximum atomic E-state index is 7.00. The highest BCUT2D eigenvalue weighted by Crippen LogP contribution is 2.50. The highest BCUT2D eigenvalue weighted by atomic mass is 32.2. The molecule has 0 aliphatic rings. The van der Waals surface area contributed by atoms with Crippen molar-refractivity contribution in [2.45, 2.75) is 69.0 Å². The molecule has 2 rings (SSSR count). The van der Waals surface area contributed by atoms with Gasteiger partial charge in [-0.15, -0.1) is 0 Å². The maximum absolute atomic E-state index is 7.00. The Morgan fingerprint density at radius 3 is 2.16 bits per heavy atom. The van der Waals surface area contributed by atoms with Crippen LogP contribution in [0.2, 0.25) is 18.1 Å². The van der Waals surface area contributed by atoms with Gasteiger partial charge in [0.15, 0.2) is 8.32 Å². The molecule has 0 bridgehead atoms. The number of nitrogens with zero attached hydrogens (tertiary/aromatic N) is 1. The van der Waals surface area contributed by atoms with E-state index in [-0.39, 0.29) is 5.04 Å². The van der Waals surface area contributed by atoms with Crippen LogP contribution in [0.25, 0.3) is 0 Å². The summed E-state index contributed by atoms with van der Waals surface area (Å²) in [6, 6.07) is 14.8. The third-order valence-corrected chi connectivity index (χ3v) is 11.1. The first-order valence-electron chi connectivity index (χ1n) is 8.97. The monoisotopic (exact) mass is 373 g/mol. The lowest BCUT2D eigenvalue weighted by Crippen LogP contribution is -2.47. The van der Waals surface area contributed by atoms with E-state index in [1.807, 2.05) is 12.3 Å². The van der Waals surface area contributed by atoms with E-state index in [0.29, 0.717) is 0 Å². The summed E-state index contributed by atoms with van der Waals surface area (Å²) < 4.78 is 7.00. The fourth-order valence-electron chi connectivity index (χ4n) is 2.40. The number of thioether (sulfide) groups is 1. The fraction of sp³-hybridized carbons (Fsp3) is 0.476. The van der Waals surface area contributed by atoms with E-state index in [4.69, 9.17) is 4.43 Å². The molecule has 2 aromatic rings. The average Bonchev–Trinajstić information content (AvgIpc) is 2.56. The number of hydrogen-bond acceptors (Lipinski definition) is 3. The van der Waals surface area contributed by atoms with Crippen molar-refractivity contribution in [3.05, 3.63) is 59.9 Å². The molecule has 1 aromatic heterocycles. The normalized spacial score (nSPS) is 15.0. The van der Waals surface area contributed by atoms with Crippen LogP contribution in [0.1, 0.15) is 45.4 Å². The minimum atomic E-state index is -1.97. The van der Waals surface area contributed by atoms with Crippen LogP contribution in [-0.2, 0) is 9.36 Å². The zero-order valence-electron chi connectivity index (χ0n) is 16.6. The minimum absolute atomic E-state index is 0.149. The largest absolute Gasteiger partial charge is 0.397 e. The Balaban J connectivity index is 2.48. The molecule has 0 amide bonds. The van der Waals surface area contributed by atoms with Gasteiger partial charge in [0.25, 0.3) is 0 Å². The van der Waals surface area contributed by atoms with Crippen LogP contribution in [0, 0.1) is 6.92 Å². The number of benzene rings is 1. The molecular weight excluding hydrogens is 342 g/mol. The first-order chi connectivity index (χ1) is 11.6. The second kappa shape index (κ2) is 7.64. The van der Waals surface area contributed by atoms with Gasteiger partial charge in [-0.05, 0) is 55.7 Å². The van der Waals surface area contributed by atoms with Gasteiger partial charge in [-0.25, -0.2) is 0 Å². The van der Waals surface area contributed by atoms with Gasteiger partial charge < -0.3 is 4.43 Å². The van der Waals surface area contributed by atoms with Crippen molar-refractivity contribution in [3.8, 4) is 0 Å². The van der Waals surface area contributed by atoms with Crippen LogP contribution in [-0.4, -0.2) is 13.3 Å². The van der Waals surface area contributed by atoms with Crippen molar-refractivity contribution in [2.24, 2.45) is 0 Å². The Bertz CT molecular complexity index is 679. The number of aryl methyl sites for hydroxylation is 1. The Labute approximate surface area is 158 Å². The average molecular weight is 374 g/mol. The number of pyridine rings is 1. The molecule has 0 aliphatic carbocycles. The van der Waals surface area contributed by atoms with Gasteiger partial charge in [-0.2, -0.15) is 0 Å². The second-order valence-electron chi connectivity index (χ2n) is 8.10. The molecule has 0 fully saturated rings. The molecular formula is C21H31NOSSi. The molecule has 0 aliphatic heterocycles. The van der Waals surface area contributed by atoms with Crippen molar-refractivity contribution in [1.82, 2.24) is 4.98 Å². The van der Waals surface area contributed by atoms with Gasteiger partial charge in [0.1, 0.15) is 4.93 Å². The summed E-state index contributed by atoms with van der Waals surface area (Å²) in [5, 5.41) is 0.149. The van der Waals surface area contributed by atoms with E-state index in [0.717, 1.165) is 12.1 Å². The first-order valence-corrected chi connectivity index (χ1v) is 12.7. The first kappa shape index (κ1) is 20.2. The van der Waals surface area contributed by atoms with Gasteiger partial charge in [0, 0.05) is 11.1 Å². The SMILES string of the molecule is CC[C@@](O[Si](C)(C)C(C)(C)C)(Sc1ccc(C)cc1)c1ccccn1. The molecule has 136 valence electrons. The van der Waals surface area contributed by atoms with E-state index in [9.17, 15) is 0 Å². The van der Waals surface area contributed by atoms with Crippen LogP contribution >= 0.6 is 11.8 Å². The van der Waals surface area contributed by atoms with Crippen molar-refractivity contribution in [2.75, 3.05) is 0 Å². The predicted octanol–water partition coefficient (Wildman–Crippen LogP) is 6.77. The Morgan fingerprint density at radius 1 is 1.04 bits per heavy atom. The van der Waals surface area contributed by atoms with E-state index in [1.165, 1.54) is 10.5 Å². The highest BCUT2D eigenvalue weighted by molar-refractivity contribution is 8.00. The van der Waals surface area contributed by atoms with Gasteiger partial charge >= 0.3 is 0 Å². The zero-order valence-corrected chi connectivity index (χ0v) is 18.4. The van der Waals surface area contributed by atoms with Crippen LogP contribution in [0.15, 0.2) is 53.6 Å². The summed E-state index contributed by atoms with van der Waals surface area (Å²) in [6.45, 7) is 15.8. The van der Waals surface area contributed by atoms with Gasteiger partial charge in [0.05, 0.1) is 5.69 Å². The van der Waals surface area contributed by atoms with Crippen LogP contribution in [0.4, 0.5) is 0 Å². The lowest BCUT2D eigenvalue weighted by Gasteiger charge is -2.44.